The molecule has 176 valence electrons. The number of benzene rings is 3. The van der Waals surface area contributed by atoms with Crippen LogP contribution in [0.25, 0.3) is 10.2 Å². The molecule has 0 saturated heterocycles. The fraction of sp³-hybridized carbons (Fsp3) is 0.200. The normalized spacial score (nSPS) is 12.4. The lowest BCUT2D eigenvalue weighted by atomic mass is 10.0. The van der Waals surface area contributed by atoms with Crippen LogP contribution in [-0.4, -0.2) is 32.1 Å². The monoisotopic (exact) mass is 495 g/mol. The number of ether oxygens (including phenoxy) is 1. The predicted molar refractivity (Wildman–Crippen MR) is 133 cm³/mol. The number of thiazole rings is 1. The number of nitrogens with zero attached hydrogens (tertiary/aromatic N) is 2. The van der Waals surface area contributed by atoms with Crippen molar-refractivity contribution >= 4 is 37.5 Å². The first kappa shape index (κ1) is 24.0. The van der Waals surface area contributed by atoms with Crippen LogP contribution in [0.3, 0.4) is 0 Å². The summed E-state index contributed by atoms with van der Waals surface area (Å²) in [5.41, 5.74) is 3.55. The minimum absolute atomic E-state index is 0.0186. The summed E-state index contributed by atoms with van der Waals surface area (Å²) in [5.74, 6) is -0.366. The van der Waals surface area contributed by atoms with Crippen LogP contribution in [0.5, 0.6) is 0 Å². The van der Waals surface area contributed by atoms with E-state index in [0.29, 0.717) is 34.8 Å². The lowest BCUT2D eigenvalue weighted by molar-refractivity contribution is 0.0996. The molecule has 0 aliphatic carbocycles. The third kappa shape index (κ3) is 5.68. The van der Waals surface area contributed by atoms with E-state index in [4.69, 9.17) is 9.88 Å². The summed E-state index contributed by atoms with van der Waals surface area (Å²) in [6, 6.07) is 22.2. The van der Waals surface area contributed by atoms with E-state index in [1.807, 2.05) is 41.8 Å². The Hall–Kier alpha value is -3.11. The van der Waals surface area contributed by atoms with Gasteiger partial charge in [-0.15, -0.1) is 0 Å². The summed E-state index contributed by atoms with van der Waals surface area (Å²) in [6.45, 7) is 3.39. The number of aromatic nitrogens is 1. The first-order chi connectivity index (χ1) is 16.3. The van der Waals surface area contributed by atoms with Gasteiger partial charge in [0.2, 0.25) is 10.0 Å². The second-order valence-corrected chi connectivity index (χ2v) is 10.3. The van der Waals surface area contributed by atoms with Gasteiger partial charge in [-0.25, -0.2) is 13.6 Å². The Morgan fingerprint density at radius 3 is 2.41 bits per heavy atom. The van der Waals surface area contributed by atoms with E-state index in [2.05, 4.69) is 17.1 Å². The van der Waals surface area contributed by atoms with Gasteiger partial charge in [0.25, 0.3) is 5.91 Å². The van der Waals surface area contributed by atoms with E-state index in [0.717, 1.165) is 17.5 Å². The van der Waals surface area contributed by atoms with Crippen molar-refractivity contribution in [3.63, 3.8) is 0 Å². The van der Waals surface area contributed by atoms with Gasteiger partial charge in [-0.2, -0.15) is 4.99 Å². The molecule has 1 aromatic heterocycles. The second-order valence-electron chi connectivity index (χ2n) is 7.68. The zero-order valence-corrected chi connectivity index (χ0v) is 20.3. The van der Waals surface area contributed by atoms with Gasteiger partial charge in [0.15, 0.2) is 4.80 Å². The number of hydrogen-bond acceptors (Lipinski definition) is 5. The zero-order valence-electron chi connectivity index (χ0n) is 18.7. The molecule has 34 heavy (non-hydrogen) atoms. The van der Waals surface area contributed by atoms with E-state index in [-0.39, 0.29) is 10.8 Å². The number of carbonyl (C=O) groups is 1. The summed E-state index contributed by atoms with van der Waals surface area (Å²) in [6.07, 6.45) is 0.784. The third-order valence-corrected chi connectivity index (χ3v) is 7.25. The highest BCUT2D eigenvalue weighted by Gasteiger charge is 2.14. The van der Waals surface area contributed by atoms with Crippen LogP contribution < -0.4 is 9.94 Å². The van der Waals surface area contributed by atoms with Gasteiger partial charge in [-0.1, -0.05) is 53.8 Å². The maximum atomic E-state index is 12.9. The topological polar surface area (TPSA) is 104 Å². The van der Waals surface area contributed by atoms with Crippen LogP contribution in [0.1, 0.15) is 28.4 Å². The van der Waals surface area contributed by atoms with Crippen molar-refractivity contribution in [1.29, 1.82) is 0 Å². The SMILES string of the molecule is CCOCCn1c(=NC(=O)c2ccc(Cc3ccccc3)cc2)sc2cc(S(N)(=O)=O)ccc21. The lowest BCUT2D eigenvalue weighted by Crippen LogP contribution is -2.19. The molecule has 1 heterocycles. The van der Waals surface area contributed by atoms with E-state index in [9.17, 15) is 13.2 Å². The third-order valence-electron chi connectivity index (χ3n) is 5.30. The van der Waals surface area contributed by atoms with Gasteiger partial charge in [0.05, 0.1) is 21.7 Å². The minimum Gasteiger partial charge on any atom is -0.380 e. The molecule has 0 radical (unpaired) electrons. The molecular weight excluding hydrogens is 470 g/mol. The summed E-state index contributed by atoms with van der Waals surface area (Å²) >= 11 is 1.24. The molecule has 0 spiro atoms. The largest absolute Gasteiger partial charge is 0.380 e. The molecule has 9 heteroatoms. The number of fused-ring (bicyclic) bond motifs is 1. The minimum atomic E-state index is -3.84. The molecule has 4 aromatic rings. The van der Waals surface area contributed by atoms with Gasteiger partial charge in [0.1, 0.15) is 0 Å². The molecule has 0 fully saturated rings. The Balaban J connectivity index is 1.66. The van der Waals surface area contributed by atoms with Gasteiger partial charge in [-0.05, 0) is 54.8 Å². The molecule has 1 amide bonds. The first-order valence-corrected chi connectivity index (χ1v) is 13.2. The number of nitrogens with two attached hydrogens (primary N) is 1. The number of sulfonamides is 1. The van der Waals surface area contributed by atoms with Crippen molar-refractivity contribution in [2.45, 2.75) is 24.8 Å². The molecule has 0 saturated carbocycles. The molecule has 0 aliphatic heterocycles. The number of amides is 1. The number of rotatable bonds is 8. The smallest absolute Gasteiger partial charge is 0.279 e. The molecule has 0 unspecified atom stereocenters. The lowest BCUT2D eigenvalue weighted by Gasteiger charge is -2.06. The number of carbonyl (C=O) groups excluding carboxylic acids is 1. The van der Waals surface area contributed by atoms with Crippen LogP contribution in [-0.2, 0) is 27.7 Å². The van der Waals surface area contributed by atoms with Crippen LogP contribution in [0, 0.1) is 0 Å². The van der Waals surface area contributed by atoms with Gasteiger partial charge >= 0.3 is 0 Å². The second kappa shape index (κ2) is 10.4. The average Bonchev–Trinajstić information content (AvgIpc) is 3.16. The maximum absolute atomic E-state index is 12.9. The van der Waals surface area contributed by atoms with Crippen molar-refractivity contribution in [1.82, 2.24) is 4.57 Å². The van der Waals surface area contributed by atoms with Crippen LogP contribution in [0.2, 0.25) is 0 Å². The summed E-state index contributed by atoms with van der Waals surface area (Å²) in [7, 11) is -3.84. The first-order valence-electron chi connectivity index (χ1n) is 10.8. The zero-order chi connectivity index (χ0) is 24.1. The van der Waals surface area contributed by atoms with Crippen LogP contribution >= 0.6 is 11.3 Å². The summed E-state index contributed by atoms with van der Waals surface area (Å²) < 4.78 is 31.5. The Labute approximate surface area is 202 Å². The van der Waals surface area contributed by atoms with Gasteiger partial charge in [-0.3, -0.25) is 4.79 Å². The standard InChI is InChI=1S/C25H25N3O4S2/c1-2-32-15-14-28-22-13-12-21(34(26,30)31)17-23(22)33-25(28)27-24(29)20-10-8-19(9-11-20)16-18-6-4-3-5-7-18/h3-13,17H,2,14-16H2,1H3,(H2,26,30,31). The van der Waals surface area contributed by atoms with Crippen molar-refractivity contribution in [3.8, 4) is 0 Å². The predicted octanol–water partition coefficient (Wildman–Crippen LogP) is 3.72. The van der Waals surface area contributed by atoms with Crippen molar-refractivity contribution in [3.05, 3.63) is 94.3 Å². The highest BCUT2D eigenvalue weighted by molar-refractivity contribution is 7.89. The number of hydrogen-bond donors (Lipinski definition) is 1. The maximum Gasteiger partial charge on any atom is 0.279 e. The van der Waals surface area contributed by atoms with E-state index in [1.165, 1.54) is 29.0 Å². The molecule has 0 atom stereocenters. The summed E-state index contributed by atoms with van der Waals surface area (Å²) in [5, 5.41) is 5.28. The van der Waals surface area contributed by atoms with E-state index in [1.54, 1.807) is 18.2 Å². The molecule has 0 bridgehead atoms. The van der Waals surface area contributed by atoms with Crippen molar-refractivity contribution < 1.29 is 17.9 Å². The Morgan fingerprint density at radius 2 is 1.74 bits per heavy atom. The quantitative estimate of drug-likeness (QED) is 0.376. The van der Waals surface area contributed by atoms with E-state index < -0.39 is 10.0 Å². The molecule has 0 aliphatic rings. The molecule has 4 rings (SSSR count). The molecule has 7 nitrogen and oxygen atoms in total. The highest BCUT2D eigenvalue weighted by Crippen LogP contribution is 2.21. The molecule has 3 aromatic carbocycles. The fourth-order valence-electron chi connectivity index (χ4n) is 3.58. The Morgan fingerprint density at radius 1 is 1.03 bits per heavy atom. The number of primary sulfonamides is 1. The molecular formula is C25H25N3O4S2. The van der Waals surface area contributed by atoms with Gasteiger partial charge < -0.3 is 9.30 Å². The average molecular weight is 496 g/mol. The Bertz CT molecular complexity index is 1470. The van der Waals surface area contributed by atoms with E-state index >= 15 is 0 Å². The van der Waals surface area contributed by atoms with Crippen LogP contribution in [0.4, 0.5) is 0 Å². The molecule has 2 N–H and O–H groups in total. The van der Waals surface area contributed by atoms with Crippen molar-refractivity contribution in [2.24, 2.45) is 10.1 Å². The fourth-order valence-corrected chi connectivity index (χ4v) is 5.29. The van der Waals surface area contributed by atoms with Gasteiger partial charge in [0, 0.05) is 18.7 Å². The van der Waals surface area contributed by atoms with Crippen molar-refractivity contribution in [2.75, 3.05) is 13.2 Å². The highest BCUT2D eigenvalue weighted by atomic mass is 32.2. The summed E-state index contributed by atoms with van der Waals surface area (Å²) in [4.78, 5) is 17.8. The Kier molecular flexibility index (Phi) is 7.38. The van der Waals surface area contributed by atoms with Crippen LogP contribution in [0.15, 0.2) is 82.7 Å².